The molecule has 0 unspecified atom stereocenters. The van der Waals surface area contributed by atoms with Crippen molar-refractivity contribution < 1.29 is 19.0 Å². The Labute approximate surface area is 163 Å². The predicted molar refractivity (Wildman–Crippen MR) is 107 cm³/mol. The fraction of sp³-hybridized carbons (Fsp3) is 0.286. The van der Waals surface area contributed by atoms with Crippen LogP contribution in [0.4, 0.5) is 5.69 Å². The molecule has 3 rings (SSSR count). The van der Waals surface area contributed by atoms with Crippen LogP contribution in [0.25, 0.3) is 6.08 Å². The van der Waals surface area contributed by atoms with Crippen LogP contribution in [-0.2, 0) is 4.79 Å². The van der Waals surface area contributed by atoms with Crippen LogP contribution < -0.4 is 19.5 Å². The highest BCUT2D eigenvalue weighted by Gasteiger charge is 2.15. The topological polar surface area (TPSA) is 56.8 Å². The summed E-state index contributed by atoms with van der Waals surface area (Å²) in [5.41, 5.74) is 1.40. The standard InChI is InChI=1S/C21H22ClNO4/c1-2-10-25-18-7-4-3-6-17(18)23-20(24)9-8-15-13-16(22)21-19(14-15)26-11-5-12-27-21/h3-4,6-9,13-14H,2,5,10-12H2,1H3,(H,23,24)/b9-8+. The Morgan fingerprint density at radius 3 is 2.93 bits per heavy atom. The third-order valence-corrected chi connectivity index (χ3v) is 4.14. The van der Waals surface area contributed by atoms with E-state index in [4.69, 9.17) is 25.8 Å². The van der Waals surface area contributed by atoms with E-state index in [0.29, 0.717) is 47.8 Å². The molecule has 5 nitrogen and oxygen atoms in total. The number of halogens is 1. The SMILES string of the molecule is CCCOc1ccccc1NC(=O)/C=C/c1cc(Cl)c2c(c1)OCCCO2. The smallest absolute Gasteiger partial charge is 0.248 e. The number of anilines is 1. The zero-order chi connectivity index (χ0) is 19.1. The summed E-state index contributed by atoms with van der Waals surface area (Å²) in [5.74, 6) is 1.54. The number of fused-ring (bicyclic) bond motifs is 1. The number of carbonyl (C=O) groups is 1. The molecule has 1 aliphatic rings. The molecule has 1 aliphatic heterocycles. The molecule has 0 spiro atoms. The van der Waals surface area contributed by atoms with Gasteiger partial charge in [-0.05, 0) is 42.3 Å². The lowest BCUT2D eigenvalue weighted by atomic mass is 10.2. The van der Waals surface area contributed by atoms with E-state index in [2.05, 4.69) is 5.32 Å². The Hall–Kier alpha value is -2.66. The Morgan fingerprint density at radius 1 is 1.26 bits per heavy atom. The van der Waals surface area contributed by atoms with E-state index >= 15 is 0 Å². The van der Waals surface area contributed by atoms with Gasteiger partial charge in [0.05, 0.1) is 30.5 Å². The highest BCUT2D eigenvalue weighted by Crippen LogP contribution is 2.38. The van der Waals surface area contributed by atoms with Crippen molar-refractivity contribution in [2.75, 3.05) is 25.1 Å². The summed E-state index contributed by atoms with van der Waals surface area (Å²) >= 11 is 6.28. The van der Waals surface area contributed by atoms with Crippen molar-refractivity contribution in [1.29, 1.82) is 0 Å². The molecule has 0 saturated carbocycles. The minimum Gasteiger partial charge on any atom is -0.491 e. The van der Waals surface area contributed by atoms with Crippen LogP contribution in [0.5, 0.6) is 17.2 Å². The number of ether oxygens (including phenoxy) is 3. The molecule has 6 heteroatoms. The number of carbonyl (C=O) groups excluding carboxylic acids is 1. The summed E-state index contributed by atoms with van der Waals surface area (Å²) < 4.78 is 16.9. The van der Waals surface area contributed by atoms with Gasteiger partial charge in [-0.2, -0.15) is 0 Å². The summed E-state index contributed by atoms with van der Waals surface area (Å²) in [7, 11) is 0. The molecule has 0 radical (unpaired) electrons. The van der Waals surface area contributed by atoms with Gasteiger partial charge in [-0.15, -0.1) is 0 Å². The lowest BCUT2D eigenvalue weighted by Gasteiger charge is -2.11. The first-order valence-electron chi connectivity index (χ1n) is 8.97. The Bertz CT molecular complexity index is 835. The molecule has 1 N–H and O–H groups in total. The second-order valence-electron chi connectivity index (χ2n) is 6.05. The van der Waals surface area contributed by atoms with Gasteiger partial charge < -0.3 is 19.5 Å². The lowest BCUT2D eigenvalue weighted by molar-refractivity contribution is -0.111. The average Bonchev–Trinajstić information content (AvgIpc) is 2.91. The van der Waals surface area contributed by atoms with Crippen molar-refractivity contribution in [2.24, 2.45) is 0 Å². The van der Waals surface area contributed by atoms with Crippen LogP contribution in [0.2, 0.25) is 5.02 Å². The molecule has 2 aromatic rings. The van der Waals surface area contributed by atoms with Gasteiger partial charge in [0.1, 0.15) is 5.75 Å². The molecule has 142 valence electrons. The number of nitrogens with one attached hydrogen (secondary N) is 1. The quantitative estimate of drug-likeness (QED) is 0.713. The second-order valence-corrected chi connectivity index (χ2v) is 6.45. The van der Waals surface area contributed by atoms with Gasteiger partial charge in [0.15, 0.2) is 11.5 Å². The minimum atomic E-state index is -0.259. The molecule has 0 aliphatic carbocycles. The third kappa shape index (κ3) is 5.17. The maximum Gasteiger partial charge on any atom is 0.248 e. The van der Waals surface area contributed by atoms with Crippen LogP contribution in [0, 0.1) is 0 Å². The summed E-state index contributed by atoms with van der Waals surface area (Å²) in [6, 6.07) is 10.9. The molecule has 1 amide bonds. The number of para-hydroxylation sites is 2. The van der Waals surface area contributed by atoms with E-state index in [9.17, 15) is 4.79 Å². The predicted octanol–water partition coefficient (Wildman–Crippen LogP) is 4.94. The van der Waals surface area contributed by atoms with E-state index in [-0.39, 0.29) is 5.91 Å². The zero-order valence-corrected chi connectivity index (χ0v) is 15.9. The largest absolute Gasteiger partial charge is 0.491 e. The summed E-state index contributed by atoms with van der Waals surface area (Å²) in [6.45, 7) is 3.78. The van der Waals surface area contributed by atoms with Gasteiger partial charge in [-0.1, -0.05) is 30.7 Å². The van der Waals surface area contributed by atoms with Crippen molar-refractivity contribution in [1.82, 2.24) is 0 Å². The van der Waals surface area contributed by atoms with Crippen molar-refractivity contribution >= 4 is 29.3 Å². The normalized spacial score (nSPS) is 13.3. The number of amides is 1. The minimum absolute atomic E-state index is 0.259. The molecule has 0 fully saturated rings. The van der Waals surface area contributed by atoms with Crippen LogP contribution in [0.1, 0.15) is 25.3 Å². The zero-order valence-electron chi connectivity index (χ0n) is 15.2. The van der Waals surface area contributed by atoms with Crippen molar-refractivity contribution in [3.63, 3.8) is 0 Å². The van der Waals surface area contributed by atoms with Crippen LogP contribution in [0.15, 0.2) is 42.5 Å². The fourth-order valence-electron chi connectivity index (χ4n) is 2.60. The number of rotatable bonds is 6. The number of hydrogen-bond acceptors (Lipinski definition) is 4. The molecule has 1 heterocycles. The molecule has 0 bridgehead atoms. The van der Waals surface area contributed by atoms with Crippen molar-refractivity contribution in [3.8, 4) is 17.2 Å². The first kappa shape index (κ1) is 19.1. The first-order valence-corrected chi connectivity index (χ1v) is 9.35. The maximum absolute atomic E-state index is 12.3. The van der Waals surface area contributed by atoms with E-state index < -0.39 is 0 Å². The Morgan fingerprint density at radius 2 is 2.07 bits per heavy atom. The first-order chi connectivity index (χ1) is 13.2. The molecule has 0 atom stereocenters. The fourth-order valence-corrected chi connectivity index (χ4v) is 2.87. The van der Waals surface area contributed by atoms with Gasteiger partial charge in [0.25, 0.3) is 0 Å². The average molecular weight is 388 g/mol. The summed E-state index contributed by atoms with van der Waals surface area (Å²) in [5, 5.41) is 3.30. The highest BCUT2D eigenvalue weighted by atomic mass is 35.5. The Balaban J connectivity index is 1.71. The number of benzene rings is 2. The van der Waals surface area contributed by atoms with E-state index in [0.717, 1.165) is 18.4 Å². The van der Waals surface area contributed by atoms with Gasteiger partial charge in [0.2, 0.25) is 5.91 Å². The molecule has 0 saturated heterocycles. The van der Waals surface area contributed by atoms with Crippen LogP contribution in [-0.4, -0.2) is 25.7 Å². The van der Waals surface area contributed by atoms with Gasteiger partial charge >= 0.3 is 0 Å². The van der Waals surface area contributed by atoms with E-state index in [1.807, 2.05) is 31.2 Å². The van der Waals surface area contributed by atoms with Crippen molar-refractivity contribution in [2.45, 2.75) is 19.8 Å². The molecular weight excluding hydrogens is 366 g/mol. The third-order valence-electron chi connectivity index (χ3n) is 3.86. The van der Waals surface area contributed by atoms with Crippen LogP contribution >= 0.6 is 11.6 Å². The molecule has 0 aromatic heterocycles. The summed E-state index contributed by atoms with van der Waals surface area (Å²) in [4.78, 5) is 12.3. The van der Waals surface area contributed by atoms with Gasteiger partial charge in [-0.25, -0.2) is 0 Å². The molecular formula is C21H22ClNO4. The van der Waals surface area contributed by atoms with E-state index in [1.54, 1.807) is 18.2 Å². The molecule has 27 heavy (non-hydrogen) atoms. The second kappa shape index (κ2) is 9.33. The molecule has 2 aromatic carbocycles. The lowest BCUT2D eigenvalue weighted by Crippen LogP contribution is -2.09. The van der Waals surface area contributed by atoms with E-state index in [1.165, 1.54) is 6.08 Å². The van der Waals surface area contributed by atoms with Crippen LogP contribution in [0.3, 0.4) is 0 Å². The Kier molecular flexibility index (Phi) is 6.60. The van der Waals surface area contributed by atoms with Gasteiger partial charge in [-0.3, -0.25) is 4.79 Å². The van der Waals surface area contributed by atoms with Crippen molar-refractivity contribution in [3.05, 3.63) is 53.1 Å². The highest BCUT2D eigenvalue weighted by molar-refractivity contribution is 6.32. The maximum atomic E-state index is 12.3. The monoisotopic (exact) mass is 387 g/mol. The number of hydrogen-bond donors (Lipinski definition) is 1. The summed E-state index contributed by atoms with van der Waals surface area (Å²) in [6.07, 6.45) is 4.84. The van der Waals surface area contributed by atoms with Gasteiger partial charge in [0, 0.05) is 12.5 Å².